The van der Waals surface area contributed by atoms with E-state index in [2.05, 4.69) is 15.1 Å². The summed E-state index contributed by atoms with van der Waals surface area (Å²) in [7, 11) is 0. The Balaban J connectivity index is 1.71. The zero-order valence-corrected chi connectivity index (χ0v) is 14.5. The van der Waals surface area contributed by atoms with Crippen molar-refractivity contribution in [3.05, 3.63) is 84.1 Å². The number of carbonyl (C=O) groups excluding carboxylic acids is 1. The van der Waals surface area contributed by atoms with E-state index in [1.165, 1.54) is 0 Å². The Kier molecular flexibility index (Phi) is 4.35. The van der Waals surface area contributed by atoms with Crippen molar-refractivity contribution < 1.29 is 4.79 Å². The molecule has 0 aliphatic carbocycles. The Hall–Kier alpha value is -3.58. The van der Waals surface area contributed by atoms with Crippen LogP contribution in [-0.2, 0) is 6.42 Å². The van der Waals surface area contributed by atoms with Gasteiger partial charge in [0.1, 0.15) is 5.69 Å². The van der Waals surface area contributed by atoms with Gasteiger partial charge in [-0.1, -0.05) is 24.3 Å². The second kappa shape index (κ2) is 6.97. The monoisotopic (exact) mass is 358 g/mol. The summed E-state index contributed by atoms with van der Waals surface area (Å²) in [5.41, 5.74) is 15.2. The van der Waals surface area contributed by atoms with Crippen molar-refractivity contribution in [1.29, 1.82) is 0 Å². The first-order chi connectivity index (χ1) is 13.1. The maximum absolute atomic E-state index is 11.3. The minimum atomic E-state index is -0.563. The first-order valence-electron chi connectivity index (χ1n) is 8.53. The number of benzene rings is 1. The lowest BCUT2D eigenvalue weighted by atomic mass is 10.1. The van der Waals surface area contributed by atoms with Gasteiger partial charge in [0.2, 0.25) is 0 Å². The summed E-state index contributed by atoms with van der Waals surface area (Å²) in [5.74, 6) is -0.563. The van der Waals surface area contributed by atoms with Crippen LogP contribution in [0.5, 0.6) is 0 Å². The van der Waals surface area contributed by atoms with Gasteiger partial charge < -0.3 is 11.5 Å². The standard InChI is InChI=1S/C20H18N6O/c21-15(11-14-6-3-7-16(25-14)20(22)27)19-18(9-4-10-23-19)26-17-8-2-1-5-13(17)12-24-26/h1-10,12,15H,11,21H2,(H2,22,27)/t15-/m0/s1. The number of rotatable bonds is 5. The first-order valence-corrected chi connectivity index (χ1v) is 8.53. The summed E-state index contributed by atoms with van der Waals surface area (Å²) < 4.78 is 1.84. The zero-order chi connectivity index (χ0) is 18.8. The summed E-state index contributed by atoms with van der Waals surface area (Å²) in [6.45, 7) is 0. The third-order valence-corrected chi connectivity index (χ3v) is 4.36. The number of pyridine rings is 2. The highest BCUT2D eigenvalue weighted by atomic mass is 16.1. The van der Waals surface area contributed by atoms with Gasteiger partial charge in [-0.15, -0.1) is 0 Å². The number of nitrogens with two attached hydrogens (primary N) is 2. The summed E-state index contributed by atoms with van der Waals surface area (Å²) in [6.07, 6.45) is 3.94. The van der Waals surface area contributed by atoms with Crippen molar-refractivity contribution in [2.45, 2.75) is 12.5 Å². The maximum Gasteiger partial charge on any atom is 0.267 e. The lowest BCUT2D eigenvalue weighted by molar-refractivity contribution is 0.0995. The molecule has 7 nitrogen and oxygen atoms in total. The zero-order valence-electron chi connectivity index (χ0n) is 14.5. The Morgan fingerprint density at radius 2 is 1.93 bits per heavy atom. The fraction of sp³-hybridized carbons (Fsp3) is 0.100. The average molecular weight is 358 g/mol. The van der Waals surface area contributed by atoms with Crippen LogP contribution in [0, 0.1) is 0 Å². The van der Waals surface area contributed by atoms with Crippen molar-refractivity contribution in [3.8, 4) is 5.69 Å². The smallest absolute Gasteiger partial charge is 0.267 e. The van der Waals surface area contributed by atoms with Crippen molar-refractivity contribution in [3.63, 3.8) is 0 Å². The normalized spacial score (nSPS) is 12.2. The van der Waals surface area contributed by atoms with E-state index in [4.69, 9.17) is 11.5 Å². The first kappa shape index (κ1) is 16.9. The second-order valence-electron chi connectivity index (χ2n) is 6.21. The number of nitrogens with zero attached hydrogens (tertiary/aromatic N) is 4. The molecule has 3 aromatic heterocycles. The van der Waals surface area contributed by atoms with Crippen LogP contribution in [0.1, 0.15) is 27.9 Å². The lowest BCUT2D eigenvalue weighted by Gasteiger charge is -2.16. The highest BCUT2D eigenvalue weighted by molar-refractivity contribution is 5.90. The minimum Gasteiger partial charge on any atom is -0.364 e. The Morgan fingerprint density at radius 3 is 2.78 bits per heavy atom. The van der Waals surface area contributed by atoms with Gasteiger partial charge >= 0.3 is 0 Å². The maximum atomic E-state index is 11.3. The van der Waals surface area contributed by atoms with Crippen LogP contribution in [0.3, 0.4) is 0 Å². The molecule has 7 heteroatoms. The number of para-hydroxylation sites is 1. The Bertz CT molecular complexity index is 1120. The van der Waals surface area contributed by atoms with Gasteiger partial charge in [-0.2, -0.15) is 5.10 Å². The molecule has 1 amide bonds. The number of amides is 1. The highest BCUT2D eigenvalue weighted by Gasteiger charge is 2.17. The van der Waals surface area contributed by atoms with E-state index in [0.29, 0.717) is 17.8 Å². The predicted octanol–water partition coefficient (Wildman–Crippen LogP) is 2.16. The fourth-order valence-electron chi connectivity index (χ4n) is 3.09. The number of hydrogen-bond acceptors (Lipinski definition) is 5. The van der Waals surface area contributed by atoms with Crippen LogP contribution >= 0.6 is 0 Å². The molecule has 0 radical (unpaired) electrons. The molecule has 134 valence electrons. The van der Waals surface area contributed by atoms with Gasteiger partial charge in [0.25, 0.3) is 5.91 Å². The molecule has 0 fully saturated rings. The van der Waals surface area contributed by atoms with Gasteiger partial charge in [-0.25, -0.2) is 9.67 Å². The molecule has 4 N–H and O–H groups in total. The van der Waals surface area contributed by atoms with Gasteiger partial charge in [0, 0.05) is 23.7 Å². The van der Waals surface area contributed by atoms with E-state index in [0.717, 1.165) is 16.6 Å². The summed E-state index contributed by atoms with van der Waals surface area (Å²) >= 11 is 0. The van der Waals surface area contributed by atoms with Crippen molar-refractivity contribution in [2.24, 2.45) is 11.5 Å². The molecular weight excluding hydrogens is 340 g/mol. The van der Waals surface area contributed by atoms with Gasteiger partial charge in [-0.05, 0) is 30.3 Å². The number of primary amides is 1. The van der Waals surface area contributed by atoms with Gasteiger partial charge in [-0.3, -0.25) is 9.78 Å². The second-order valence-corrected chi connectivity index (χ2v) is 6.21. The summed E-state index contributed by atoms with van der Waals surface area (Å²) in [6, 6.07) is 16.5. The van der Waals surface area contributed by atoms with Gasteiger partial charge in [0.15, 0.2) is 0 Å². The summed E-state index contributed by atoms with van der Waals surface area (Å²) in [5, 5.41) is 5.54. The Morgan fingerprint density at radius 1 is 1.07 bits per heavy atom. The molecule has 4 aromatic rings. The molecule has 0 aliphatic heterocycles. The predicted molar refractivity (Wildman–Crippen MR) is 102 cm³/mol. The molecule has 0 bridgehead atoms. The molecule has 0 unspecified atom stereocenters. The number of hydrogen-bond donors (Lipinski definition) is 2. The molecule has 0 aliphatic rings. The van der Waals surface area contributed by atoms with Crippen LogP contribution in [0.15, 0.2) is 67.0 Å². The van der Waals surface area contributed by atoms with Crippen molar-refractivity contribution >= 4 is 16.8 Å². The average Bonchev–Trinajstić information content (AvgIpc) is 3.12. The van der Waals surface area contributed by atoms with E-state index in [9.17, 15) is 4.79 Å². The van der Waals surface area contributed by atoms with Crippen LogP contribution in [-0.4, -0.2) is 25.7 Å². The van der Waals surface area contributed by atoms with E-state index >= 15 is 0 Å². The van der Waals surface area contributed by atoms with E-state index in [1.807, 2.05) is 53.3 Å². The highest BCUT2D eigenvalue weighted by Crippen LogP contribution is 2.24. The number of aromatic nitrogens is 4. The number of fused-ring (bicyclic) bond motifs is 1. The van der Waals surface area contributed by atoms with Crippen LogP contribution in [0.25, 0.3) is 16.6 Å². The quantitative estimate of drug-likeness (QED) is 0.567. The van der Waals surface area contributed by atoms with Crippen LogP contribution in [0.2, 0.25) is 0 Å². The van der Waals surface area contributed by atoms with Crippen molar-refractivity contribution in [1.82, 2.24) is 19.7 Å². The van der Waals surface area contributed by atoms with Crippen LogP contribution < -0.4 is 11.5 Å². The molecule has 1 atom stereocenters. The fourth-order valence-corrected chi connectivity index (χ4v) is 3.09. The molecule has 1 aromatic carbocycles. The van der Waals surface area contributed by atoms with Crippen LogP contribution in [0.4, 0.5) is 0 Å². The van der Waals surface area contributed by atoms with E-state index < -0.39 is 11.9 Å². The third kappa shape index (κ3) is 3.28. The van der Waals surface area contributed by atoms with E-state index in [-0.39, 0.29) is 5.69 Å². The van der Waals surface area contributed by atoms with Gasteiger partial charge in [0.05, 0.1) is 29.1 Å². The number of carbonyl (C=O) groups is 1. The molecule has 4 rings (SSSR count). The van der Waals surface area contributed by atoms with Crippen molar-refractivity contribution in [2.75, 3.05) is 0 Å². The molecule has 0 saturated carbocycles. The van der Waals surface area contributed by atoms with E-state index in [1.54, 1.807) is 18.3 Å². The third-order valence-electron chi connectivity index (χ3n) is 4.36. The molecular formula is C20H18N6O. The Labute approximate surface area is 155 Å². The summed E-state index contributed by atoms with van der Waals surface area (Å²) in [4.78, 5) is 20.1. The molecule has 27 heavy (non-hydrogen) atoms. The lowest BCUT2D eigenvalue weighted by Crippen LogP contribution is -2.20. The molecule has 3 heterocycles. The SMILES string of the molecule is NC(=O)c1cccc(C[C@H](N)c2ncccc2-n2ncc3ccccc32)n1. The minimum absolute atomic E-state index is 0.221. The largest absolute Gasteiger partial charge is 0.364 e. The molecule has 0 saturated heterocycles. The topological polar surface area (TPSA) is 113 Å². The molecule has 0 spiro atoms.